The van der Waals surface area contributed by atoms with E-state index in [4.69, 9.17) is 0 Å². The van der Waals surface area contributed by atoms with Gasteiger partial charge in [-0.25, -0.2) is 0 Å². The van der Waals surface area contributed by atoms with Crippen molar-refractivity contribution in [2.45, 2.75) is 57.2 Å². The molecule has 1 nitrogen and oxygen atoms in total. The van der Waals surface area contributed by atoms with Gasteiger partial charge in [0.1, 0.15) is 0 Å². The van der Waals surface area contributed by atoms with Gasteiger partial charge in [-0.15, -0.1) is 0 Å². The molecule has 0 spiro atoms. The molecule has 2 heteroatoms. The van der Waals surface area contributed by atoms with Crippen LogP contribution < -0.4 is 5.32 Å². The standard InChI is InChI=1S/C12H25NS/c1-10(9-12-5-4-6-12)13-8-7-11(2)14-3/h10-13H,4-9H2,1-3H3. The molecule has 2 unspecified atom stereocenters. The molecular weight excluding hydrogens is 190 g/mol. The second kappa shape index (κ2) is 6.73. The first kappa shape index (κ1) is 12.4. The van der Waals surface area contributed by atoms with Gasteiger partial charge in [-0.05, 0) is 38.5 Å². The number of nitrogens with one attached hydrogen (secondary N) is 1. The van der Waals surface area contributed by atoms with Crippen LogP contribution in [0.3, 0.4) is 0 Å². The van der Waals surface area contributed by atoms with E-state index in [9.17, 15) is 0 Å². The van der Waals surface area contributed by atoms with Crippen molar-refractivity contribution in [3.05, 3.63) is 0 Å². The van der Waals surface area contributed by atoms with Gasteiger partial charge in [0.05, 0.1) is 0 Å². The van der Waals surface area contributed by atoms with Gasteiger partial charge in [0, 0.05) is 11.3 Å². The first-order valence-electron chi connectivity index (χ1n) is 5.98. The van der Waals surface area contributed by atoms with Gasteiger partial charge in [0.15, 0.2) is 0 Å². The highest BCUT2D eigenvalue weighted by molar-refractivity contribution is 7.99. The van der Waals surface area contributed by atoms with Gasteiger partial charge in [0.25, 0.3) is 0 Å². The molecule has 1 rings (SSSR count). The molecule has 0 aliphatic heterocycles. The lowest BCUT2D eigenvalue weighted by molar-refractivity contribution is 0.266. The summed E-state index contributed by atoms with van der Waals surface area (Å²) < 4.78 is 0. The Morgan fingerprint density at radius 3 is 2.57 bits per heavy atom. The van der Waals surface area contributed by atoms with E-state index in [2.05, 4.69) is 25.4 Å². The molecule has 0 heterocycles. The third-order valence-electron chi connectivity index (χ3n) is 3.36. The SMILES string of the molecule is CSC(C)CCNC(C)CC1CCC1. The molecule has 1 fully saturated rings. The van der Waals surface area contributed by atoms with Crippen molar-refractivity contribution >= 4 is 11.8 Å². The predicted octanol–water partition coefficient (Wildman–Crippen LogP) is 3.30. The quantitative estimate of drug-likeness (QED) is 0.699. The van der Waals surface area contributed by atoms with E-state index in [-0.39, 0.29) is 0 Å². The van der Waals surface area contributed by atoms with Crippen LogP contribution >= 0.6 is 11.8 Å². The van der Waals surface area contributed by atoms with Crippen LogP contribution in [0.25, 0.3) is 0 Å². The Balaban J connectivity index is 1.94. The fraction of sp³-hybridized carbons (Fsp3) is 1.00. The zero-order valence-corrected chi connectivity index (χ0v) is 10.7. The van der Waals surface area contributed by atoms with Crippen molar-refractivity contribution in [3.8, 4) is 0 Å². The highest BCUT2D eigenvalue weighted by Crippen LogP contribution is 2.30. The zero-order valence-electron chi connectivity index (χ0n) is 9.88. The number of hydrogen-bond acceptors (Lipinski definition) is 2. The predicted molar refractivity (Wildman–Crippen MR) is 67.0 cm³/mol. The van der Waals surface area contributed by atoms with E-state index in [1.807, 2.05) is 11.8 Å². The summed E-state index contributed by atoms with van der Waals surface area (Å²) in [7, 11) is 0. The van der Waals surface area contributed by atoms with Crippen LogP contribution in [0.5, 0.6) is 0 Å². The molecule has 1 aliphatic carbocycles. The van der Waals surface area contributed by atoms with Crippen LogP contribution in [0.1, 0.15) is 46.0 Å². The molecule has 2 atom stereocenters. The Labute approximate surface area is 93.4 Å². The van der Waals surface area contributed by atoms with Crippen LogP contribution in [-0.4, -0.2) is 24.1 Å². The summed E-state index contributed by atoms with van der Waals surface area (Å²) in [6, 6.07) is 0.731. The summed E-state index contributed by atoms with van der Waals surface area (Å²) in [6.07, 6.45) is 9.33. The summed E-state index contributed by atoms with van der Waals surface area (Å²) in [5.41, 5.74) is 0. The first-order valence-corrected chi connectivity index (χ1v) is 7.27. The molecule has 0 bridgehead atoms. The van der Waals surface area contributed by atoms with Crippen molar-refractivity contribution in [2.24, 2.45) is 5.92 Å². The minimum Gasteiger partial charge on any atom is -0.314 e. The van der Waals surface area contributed by atoms with E-state index < -0.39 is 0 Å². The van der Waals surface area contributed by atoms with Gasteiger partial charge in [-0.2, -0.15) is 11.8 Å². The molecule has 0 aromatic heterocycles. The van der Waals surface area contributed by atoms with Gasteiger partial charge >= 0.3 is 0 Å². The van der Waals surface area contributed by atoms with E-state index in [1.165, 1.54) is 38.6 Å². The Kier molecular flexibility index (Phi) is 5.95. The highest BCUT2D eigenvalue weighted by atomic mass is 32.2. The van der Waals surface area contributed by atoms with Crippen LogP contribution in [0.15, 0.2) is 0 Å². The average Bonchev–Trinajstić information content (AvgIpc) is 2.11. The van der Waals surface area contributed by atoms with E-state index in [1.54, 1.807) is 0 Å². The summed E-state index contributed by atoms with van der Waals surface area (Å²) in [5.74, 6) is 1.04. The van der Waals surface area contributed by atoms with E-state index in [0.29, 0.717) is 0 Å². The molecule has 0 amide bonds. The maximum Gasteiger partial charge on any atom is 0.00413 e. The lowest BCUT2D eigenvalue weighted by atomic mass is 9.81. The zero-order chi connectivity index (χ0) is 10.4. The lowest BCUT2D eigenvalue weighted by Crippen LogP contribution is -2.31. The van der Waals surface area contributed by atoms with Crippen molar-refractivity contribution in [3.63, 3.8) is 0 Å². The summed E-state index contributed by atoms with van der Waals surface area (Å²) in [5, 5.41) is 4.44. The smallest absolute Gasteiger partial charge is 0.00413 e. The maximum atomic E-state index is 3.63. The average molecular weight is 215 g/mol. The molecule has 84 valence electrons. The molecule has 1 aliphatic rings. The van der Waals surface area contributed by atoms with Crippen molar-refractivity contribution in [1.82, 2.24) is 5.32 Å². The topological polar surface area (TPSA) is 12.0 Å². The largest absolute Gasteiger partial charge is 0.314 e. The van der Waals surface area contributed by atoms with Crippen molar-refractivity contribution in [1.29, 1.82) is 0 Å². The van der Waals surface area contributed by atoms with Crippen LogP contribution in [-0.2, 0) is 0 Å². The number of thioether (sulfide) groups is 1. The number of hydrogen-bond donors (Lipinski definition) is 1. The fourth-order valence-corrected chi connectivity index (χ4v) is 2.32. The molecule has 14 heavy (non-hydrogen) atoms. The monoisotopic (exact) mass is 215 g/mol. The Hall–Kier alpha value is 0.310. The minimum atomic E-state index is 0.731. The van der Waals surface area contributed by atoms with Gasteiger partial charge in [-0.3, -0.25) is 0 Å². The van der Waals surface area contributed by atoms with E-state index in [0.717, 1.165) is 17.2 Å². The summed E-state index contributed by atoms with van der Waals surface area (Å²) in [4.78, 5) is 0. The van der Waals surface area contributed by atoms with Crippen LogP contribution in [0.2, 0.25) is 0 Å². The van der Waals surface area contributed by atoms with E-state index >= 15 is 0 Å². The van der Waals surface area contributed by atoms with Gasteiger partial charge < -0.3 is 5.32 Å². The maximum absolute atomic E-state index is 3.63. The highest BCUT2D eigenvalue weighted by Gasteiger charge is 2.19. The lowest BCUT2D eigenvalue weighted by Gasteiger charge is -2.28. The van der Waals surface area contributed by atoms with Crippen LogP contribution in [0, 0.1) is 5.92 Å². The molecule has 0 aromatic rings. The Morgan fingerprint density at radius 1 is 1.36 bits per heavy atom. The minimum absolute atomic E-state index is 0.731. The number of rotatable bonds is 7. The molecule has 1 saturated carbocycles. The summed E-state index contributed by atoms with van der Waals surface area (Å²) in [6.45, 7) is 5.83. The fourth-order valence-electron chi connectivity index (χ4n) is 1.96. The third kappa shape index (κ3) is 4.70. The molecule has 0 radical (unpaired) electrons. The Morgan fingerprint density at radius 2 is 2.07 bits per heavy atom. The Bertz CT molecular complexity index is 145. The van der Waals surface area contributed by atoms with Crippen molar-refractivity contribution in [2.75, 3.05) is 12.8 Å². The van der Waals surface area contributed by atoms with Gasteiger partial charge in [0.2, 0.25) is 0 Å². The second-order valence-electron chi connectivity index (χ2n) is 4.72. The summed E-state index contributed by atoms with van der Waals surface area (Å²) >= 11 is 1.97. The normalized spacial score (nSPS) is 21.6. The molecular formula is C12H25NS. The molecule has 1 N–H and O–H groups in total. The van der Waals surface area contributed by atoms with Crippen molar-refractivity contribution < 1.29 is 0 Å². The first-order chi connectivity index (χ1) is 6.72. The van der Waals surface area contributed by atoms with Gasteiger partial charge in [-0.1, -0.05) is 26.2 Å². The molecule has 0 saturated heterocycles. The second-order valence-corrected chi connectivity index (χ2v) is 6.00. The molecule has 0 aromatic carbocycles. The third-order valence-corrected chi connectivity index (χ3v) is 4.40. The van der Waals surface area contributed by atoms with Crippen LogP contribution in [0.4, 0.5) is 0 Å².